The minimum absolute atomic E-state index is 0.152. The van der Waals surface area contributed by atoms with E-state index in [0.717, 1.165) is 11.6 Å². The molecule has 0 atom stereocenters. The molecule has 1 amide bonds. The second kappa shape index (κ2) is 8.44. The number of ether oxygens (including phenoxy) is 2. The van der Waals surface area contributed by atoms with Gasteiger partial charge in [-0.15, -0.1) is 0 Å². The van der Waals surface area contributed by atoms with Gasteiger partial charge in [0.1, 0.15) is 26.6 Å². The molecule has 10 heteroatoms. The first kappa shape index (κ1) is 20.4. The highest BCUT2D eigenvalue weighted by molar-refractivity contribution is 7.22. The highest BCUT2D eigenvalue weighted by Crippen LogP contribution is 2.40. The van der Waals surface area contributed by atoms with Gasteiger partial charge in [0.15, 0.2) is 10.9 Å². The minimum atomic E-state index is -0.689. The van der Waals surface area contributed by atoms with Gasteiger partial charge >= 0.3 is 5.88 Å². The largest absolute Gasteiger partial charge is 0.495 e. The summed E-state index contributed by atoms with van der Waals surface area (Å²) in [5.41, 5.74) is 1.41. The molecule has 0 radical (unpaired) electrons. The van der Waals surface area contributed by atoms with Gasteiger partial charge in [-0.3, -0.25) is 19.8 Å². The van der Waals surface area contributed by atoms with Crippen molar-refractivity contribution in [1.29, 1.82) is 0 Å². The minimum Gasteiger partial charge on any atom is -0.495 e. The maximum absolute atomic E-state index is 13.3. The van der Waals surface area contributed by atoms with Crippen LogP contribution in [0.3, 0.4) is 0 Å². The number of nitrogens with zero attached hydrogens (tertiary/aromatic N) is 3. The molecular weight excluding hydrogens is 422 g/mol. The van der Waals surface area contributed by atoms with E-state index in [-0.39, 0.29) is 12.3 Å². The Balaban J connectivity index is 1.82. The molecule has 0 spiro atoms. The predicted molar refractivity (Wildman–Crippen MR) is 115 cm³/mol. The summed E-state index contributed by atoms with van der Waals surface area (Å²) in [5, 5.41) is 11.4. The SMILES string of the molecule is COc1ccc(OC)c2sc(N(Cc3ccccc3)C(=O)c3ccc([N+](=O)[O-])o3)nc12. The fourth-order valence-electron chi connectivity index (χ4n) is 3.06. The highest BCUT2D eigenvalue weighted by atomic mass is 32.1. The molecule has 0 aliphatic carbocycles. The second-order valence-electron chi connectivity index (χ2n) is 6.42. The second-order valence-corrected chi connectivity index (χ2v) is 7.39. The number of carbonyl (C=O) groups is 1. The van der Waals surface area contributed by atoms with Crippen molar-refractivity contribution >= 4 is 38.5 Å². The molecule has 4 rings (SSSR count). The number of fused-ring (bicyclic) bond motifs is 1. The molecule has 2 heterocycles. The van der Waals surface area contributed by atoms with Crippen LogP contribution in [0.1, 0.15) is 16.1 Å². The van der Waals surface area contributed by atoms with Crippen LogP contribution in [-0.4, -0.2) is 30.0 Å². The number of aromatic nitrogens is 1. The van der Waals surface area contributed by atoms with Crippen molar-refractivity contribution in [2.24, 2.45) is 0 Å². The number of amides is 1. The molecule has 2 aromatic carbocycles. The molecule has 2 aromatic heterocycles. The summed E-state index contributed by atoms with van der Waals surface area (Å²) in [6.45, 7) is 0.193. The lowest BCUT2D eigenvalue weighted by Gasteiger charge is -2.18. The monoisotopic (exact) mass is 439 g/mol. The molecule has 0 unspecified atom stereocenters. The smallest absolute Gasteiger partial charge is 0.433 e. The zero-order valence-electron chi connectivity index (χ0n) is 16.6. The number of nitro groups is 1. The van der Waals surface area contributed by atoms with Crippen LogP contribution in [0.15, 0.2) is 59.0 Å². The maximum atomic E-state index is 13.3. The third-order valence-electron chi connectivity index (χ3n) is 4.54. The molecule has 31 heavy (non-hydrogen) atoms. The number of benzene rings is 2. The zero-order valence-corrected chi connectivity index (χ0v) is 17.4. The summed E-state index contributed by atoms with van der Waals surface area (Å²) in [5.74, 6) is -0.0650. The summed E-state index contributed by atoms with van der Waals surface area (Å²) in [6.07, 6.45) is 0. The van der Waals surface area contributed by atoms with Crippen molar-refractivity contribution in [2.75, 3.05) is 19.1 Å². The first-order valence-corrected chi connectivity index (χ1v) is 9.95. The molecule has 0 saturated heterocycles. The maximum Gasteiger partial charge on any atom is 0.433 e. The van der Waals surface area contributed by atoms with E-state index in [9.17, 15) is 14.9 Å². The number of hydrogen-bond donors (Lipinski definition) is 0. The van der Waals surface area contributed by atoms with Crippen molar-refractivity contribution in [2.45, 2.75) is 6.54 Å². The van der Waals surface area contributed by atoms with E-state index < -0.39 is 16.7 Å². The molecule has 0 bridgehead atoms. The first-order chi connectivity index (χ1) is 15.0. The van der Waals surface area contributed by atoms with Crippen molar-refractivity contribution in [3.8, 4) is 11.5 Å². The first-order valence-electron chi connectivity index (χ1n) is 9.13. The van der Waals surface area contributed by atoms with Gasteiger partial charge in [-0.1, -0.05) is 41.7 Å². The Bertz CT molecular complexity index is 1210. The summed E-state index contributed by atoms with van der Waals surface area (Å²) in [7, 11) is 3.09. The van der Waals surface area contributed by atoms with Crippen LogP contribution in [0, 0.1) is 10.1 Å². The topological polar surface area (TPSA) is 108 Å². The summed E-state index contributed by atoms with van der Waals surface area (Å²) in [4.78, 5) is 29.6. The average molecular weight is 439 g/mol. The molecule has 0 saturated carbocycles. The zero-order chi connectivity index (χ0) is 22.0. The van der Waals surface area contributed by atoms with Gasteiger partial charge < -0.3 is 13.9 Å². The van der Waals surface area contributed by atoms with Crippen molar-refractivity contribution in [3.05, 3.63) is 76.0 Å². The Hall–Kier alpha value is -3.92. The lowest BCUT2D eigenvalue weighted by Crippen LogP contribution is -2.30. The van der Waals surface area contributed by atoms with Crippen LogP contribution < -0.4 is 14.4 Å². The number of thiazole rings is 1. The fourth-order valence-corrected chi connectivity index (χ4v) is 4.13. The van der Waals surface area contributed by atoms with E-state index in [2.05, 4.69) is 4.98 Å². The van der Waals surface area contributed by atoms with E-state index in [1.54, 1.807) is 19.2 Å². The summed E-state index contributed by atoms with van der Waals surface area (Å²) in [6, 6.07) is 15.3. The van der Waals surface area contributed by atoms with Crippen LogP contribution in [0.25, 0.3) is 10.2 Å². The summed E-state index contributed by atoms with van der Waals surface area (Å²) >= 11 is 1.25. The van der Waals surface area contributed by atoms with Gasteiger partial charge in [-0.2, -0.15) is 0 Å². The Morgan fingerprint density at radius 1 is 1.10 bits per heavy atom. The van der Waals surface area contributed by atoms with Crippen LogP contribution in [-0.2, 0) is 6.54 Å². The van der Waals surface area contributed by atoms with Crippen molar-refractivity contribution < 1.29 is 23.6 Å². The van der Waals surface area contributed by atoms with Crippen LogP contribution in [0.4, 0.5) is 11.0 Å². The standard InChI is InChI=1S/C21H17N3O6S/c1-28-14-8-9-15(29-2)19-18(14)22-21(31-19)23(12-13-6-4-3-5-7-13)20(25)16-10-11-17(30-16)24(26)27/h3-11H,12H2,1-2H3. The lowest BCUT2D eigenvalue weighted by atomic mass is 10.2. The number of anilines is 1. The van der Waals surface area contributed by atoms with Gasteiger partial charge in [0, 0.05) is 0 Å². The normalized spacial score (nSPS) is 10.8. The van der Waals surface area contributed by atoms with E-state index in [0.29, 0.717) is 26.8 Å². The number of hydrogen-bond acceptors (Lipinski definition) is 8. The summed E-state index contributed by atoms with van der Waals surface area (Å²) < 4.78 is 16.7. The Kier molecular flexibility index (Phi) is 5.54. The number of carbonyl (C=O) groups excluding carboxylic acids is 1. The van der Waals surface area contributed by atoms with Crippen molar-refractivity contribution in [3.63, 3.8) is 0 Å². The molecular formula is C21H17N3O6S. The van der Waals surface area contributed by atoms with E-state index in [4.69, 9.17) is 13.9 Å². The van der Waals surface area contributed by atoms with Crippen LogP contribution in [0.2, 0.25) is 0 Å². The van der Waals surface area contributed by atoms with Crippen molar-refractivity contribution in [1.82, 2.24) is 4.98 Å². The fraction of sp³-hybridized carbons (Fsp3) is 0.143. The third kappa shape index (κ3) is 3.92. The molecule has 0 N–H and O–H groups in total. The number of methoxy groups -OCH3 is 2. The van der Waals surface area contributed by atoms with E-state index >= 15 is 0 Å². The molecule has 9 nitrogen and oxygen atoms in total. The van der Waals surface area contributed by atoms with E-state index in [1.807, 2.05) is 30.3 Å². The molecule has 0 aliphatic heterocycles. The lowest BCUT2D eigenvalue weighted by molar-refractivity contribution is -0.402. The third-order valence-corrected chi connectivity index (χ3v) is 5.63. The highest BCUT2D eigenvalue weighted by Gasteiger charge is 2.27. The molecule has 0 aliphatic rings. The average Bonchev–Trinajstić information content (AvgIpc) is 3.45. The van der Waals surface area contributed by atoms with E-state index in [1.165, 1.54) is 29.4 Å². The van der Waals surface area contributed by atoms with Gasteiger partial charge in [-0.25, -0.2) is 4.98 Å². The predicted octanol–water partition coefficient (Wildman–Crippen LogP) is 4.66. The van der Waals surface area contributed by atoms with Gasteiger partial charge in [0.05, 0.1) is 26.8 Å². The molecule has 158 valence electrons. The molecule has 0 fully saturated rings. The molecule has 4 aromatic rings. The van der Waals surface area contributed by atoms with Crippen LogP contribution >= 0.6 is 11.3 Å². The number of furan rings is 1. The Morgan fingerprint density at radius 2 is 1.81 bits per heavy atom. The Morgan fingerprint density at radius 3 is 2.45 bits per heavy atom. The van der Waals surface area contributed by atoms with Crippen LogP contribution in [0.5, 0.6) is 11.5 Å². The van der Waals surface area contributed by atoms with Gasteiger partial charge in [0.25, 0.3) is 5.91 Å². The quantitative estimate of drug-likeness (QED) is 0.304. The van der Waals surface area contributed by atoms with Gasteiger partial charge in [0.2, 0.25) is 0 Å². The Labute approximate surface area is 180 Å². The number of rotatable bonds is 7. The van der Waals surface area contributed by atoms with Gasteiger partial charge in [-0.05, 0) is 23.8 Å².